The van der Waals surface area contributed by atoms with Crippen molar-refractivity contribution >= 4 is 28.9 Å². The van der Waals surface area contributed by atoms with E-state index in [1.807, 2.05) is 21.7 Å². The van der Waals surface area contributed by atoms with Crippen LogP contribution >= 0.6 is 23.2 Å². The summed E-state index contributed by atoms with van der Waals surface area (Å²) in [5.41, 5.74) is 2.63. The van der Waals surface area contributed by atoms with Crippen LogP contribution in [-0.4, -0.2) is 32.7 Å². The van der Waals surface area contributed by atoms with Gasteiger partial charge in [0, 0.05) is 34.9 Å². The maximum atomic E-state index is 14.5. The minimum atomic E-state index is -0.913. The summed E-state index contributed by atoms with van der Waals surface area (Å²) in [5, 5.41) is 18.6. The summed E-state index contributed by atoms with van der Waals surface area (Å²) in [6.07, 6.45) is 0.730. The molecule has 0 fully saturated rings. The molecule has 0 bridgehead atoms. The summed E-state index contributed by atoms with van der Waals surface area (Å²) in [6.45, 7) is 1.60. The molecular weight excluding hydrogens is 390 g/mol. The summed E-state index contributed by atoms with van der Waals surface area (Å²) in [4.78, 5) is 1.85. The lowest BCUT2D eigenvalue weighted by molar-refractivity contribution is 0.00647. The highest BCUT2D eigenvalue weighted by Crippen LogP contribution is 2.32. The molecule has 0 aliphatic carbocycles. The smallest absolute Gasteiger partial charge is 0.184 e. The van der Waals surface area contributed by atoms with Crippen LogP contribution in [0.25, 0.3) is 11.1 Å². The first kappa shape index (κ1) is 18.3. The highest BCUT2D eigenvalue weighted by molar-refractivity contribution is 6.31. The van der Waals surface area contributed by atoms with Crippen LogP contribution in [0.5, 0.6) is 0 Å². The van der Waals surface area contributed by atoms with E-state index in [9.17, 15) is 9.50 Å². The first-order chi connectivity index (χ1) is 13.0. The highest BCUT2D eigenvalue weighted by atomic mass is 35.5. The minimum absolute atomic E-state index is 0.0720. The van der Waals surface area contributed by atoms with Crippen molar-refractivity contribution in [1.29, 1.82) is 0 Å². The van der Waals surface area contributed by atoms with Crippen LogP contribution in [-0.2, 0) is 13.1 Å². The predicted molar refractivity (Wildman–Crippen MR) is 104 cm³/mol. The zero-order valence-electron chi connectivity index (χ0n) is 14.2. The summed E-state index contributed by atoms with van der Waals surface area (Å²) in [7, 11) is 0. The number of rotatable bonds is 4. The number of aliphatic hydroxyl groups is 1. The number of nitrogens with zero attached hydrogens (tertiary/aromatic N) is 3. The van der Waals surface area contributed by atoms with Crippen molar-refractivity contribution in [2.45, 2.75) is 19.4 Å². The van der Waals surface area contributed by atoms with Crippen molar-refractivity contribution in [3.8, 4) is 11.1 Å². The Hall–Kier alpha value is -2.12. The number of aromatic nitrogens is 2. The van der Waals surface area contributed by atoms with Crippen LogP contribution < -0.4 is 5.32 Å². The SMILES string of the molecule is OC(Nc1cccc(Cl)c1)N1CCn2ncc(-c3cccc(Cl)c3F)c2C1. The Balaban J connectivity index is 1.57. The summed E-state index contributed by atoms with van der Waals surface area (Å²) in [6, 6.07) is 12.1. The van der Waals surface area contributed by atoms with Gasteiger partial charge >= 0.3 is 0 Å². The van der Waals surface area contributed by atoms with Gasteiger partial charge in [0.1, 0.15) is 5.82 Å². The van der Waals surface area contributed by atoms with Crippen molar-refractivity contribution in [3.05, 3.63) is 70.2 Å². The molecule has 0 spiro atoms. The molecule has 1 aromatic heterocycles. The Morgan fingerprint density at radius 2 is 1.93 bits per heavy atom. The molecule has 1 aliphatic rings. The van der Waals surface area contributed by atoms with Gasteiger partial charge in [-0.1, -0.05) is 41.4 Å². The van der Waals surface area contributed by atoms with Gasteiger partial charge in [0.2, 0.25) is 0 Å². The summed E-state index contributed by atoms with van der Waals surface area (Å²) in [5.74, 6) is -0.468. The monoisotopic (exact) mass is 406 g/mol. The topological polar surface area (TPSA) is 53.3 Å². The molecule has 140 valence electrons. The Morgan fingerprint density at radius 1 is 1.11 bits per heavy atom. The van der Waals surface area contributed by atoms with Crippen molar-refractivity contribution in [2.24, 2.45) is 0 Å². The number of fused-ring (bicyclic) bond motifs is 1. The summed E-state index contributed by atoms with van der Waals surface area (Å²) < 4.78 is 16.3. The lowest BCUT2D eigenvalue weighted by Gasteiger charge is -2.33. The Bertz CT molecular complexity index is 978. The lowest BCUT2D eigenvalue weighted by Crippen LogP contribution is -2.45. The molecule has 27 heavy (non-hydrogen) atoms. The van der Waals surface area contributed by atoms with E-state index < -0.39 is 12.2 Å². The van der Waals surface area contributed by atoms with E-state index >= 15 is 0 Å². The third-order valence-corrected chi connectivity index (χ3v) is 5.14. The molecule has 2 aromatic carbocycles. The van der Waals surface area contributed by atoms with Gasteiger partial charge in [-0.2, -0.15) is 5.10 Å². The van der Waals surface area contributed by atoms with Crippen molar-refractivity contribution in [3.63, 3.8) is 0 Å². The van der Waals surface area contributed by atoms with Gasteiger partial charge in [-0.05, 0) is 24.3 Å². The van der Waals surface area contributed by atoms with Crippen LogP contribution in [0, 0.1) is 5.82 Å². The van der Waals surface area contributed by atoms with Crippen LogP contribution in [0.15, 0.2) is 48.7 Å². The standard InChI is InChI=1S/C19H17Cl2FN4O/c20-12-3-1-4-13(9-12)24-19(27)25-7-8-26-17(11-25)15(10-23-26)14-5-2-6-16(21)18(14)22/h1-6,9-10,19,24,27H,7-8,11H2. The molecule has 0 saturated carbocycles. The average molecular weight is 407 g/mol. The molecule has 2 N–H and O–H groups in total. The molecule has 0 saturated heterocycles. The second-order valence-electron chi connectivity index (χ2n) is 6.33. The van der Waals surface area contributed by atoms with E-state index in [0.29, 0.717) is 35.8 Å². The number of anilines is 1. The van der Waals surface area contributed by atoms with Gasteiger partial charge in [-0.3, -0.25) is 9.58 Å². The van der Waals surface area contributed by atoms with Gasteiger partial charge in [-0.25, -0.2) is 4.39 Å². The molecule has 1 atom stereocenters. The van der Waals surface area contributed by atoms with Crippen LogP contribution in [0.3, 0.4) is 0 Å². The second-order valence-corrected chi connectivity index (χ2v) is 7.17. The lowest BCUT2D eigenvalue weighted by atomic mass is 10.0. The number of halogens is 3. The number of aliphatic hydroxyl groups excluding tert-OH is 1. The zero-order valence-corrected chi connectivity index (χ0v) is 15.8. The van der Waals surface area contributed by atoms with Gasteiger partial charge in [-0.15, -0.1) is 0 Å². The van der Waals surface area contributed by atoms with Gasteiger partial charge in [0.25, 0.3) is 0 Å². The number of benzene rings is 2. The molecule has 1 aliphatic heterocycles. The normalized spacial score (nSPS) is 15.4. The van der Waals surface area contributed by atoms with E-state index in [1.54, 1.807) is 30.5 Å². The predicted octanol–water partition coefficient (Wildman–Crippen LogP) is 4.20. The fourth-order valence-corrected chi connectivity index (χ4v) is 3.59. The van der Waals surface area contributed by atoms with Crippen molar-refractivity contribution in [1.82, 2.24) is 14.7 Å². The molecule has 1 unspecified atom stereocenters. The number of nitrogens with one attached hydrogen (secondary N) is 1. The summed E-state index contributed by atoms with van der Waals surface area (Å²) >= 11 is 11.9. The van der Waals surface area contributed by atoms with E-state index in [1.165, 1.54) is 6.07 Å². The highest BCUT2D eigenvalue weighted by Gasteiger charge is 2.26. The van der Waals surface area contributed by atoms with Crippen molar-refractivity contribution in [2.75, 3.05) is 11.9 Å². The average Bonchev–Trinajstić information content (AvgIpc) is 3.07. The number of hydrogen-bond acceptors (Lipinski definition) is 4. The van der Waals surface area contributed by atoms with Gasteiger partial charge in [0.05, 0.1) is 23.5 Å². The molecule has 4 rings (SSSR count). The third kappa shape index (κ3) is 3.66. The maximum absolute atomic E-state index is 14.5. The van der Waals surface area contributed by atoms with Crippen LogP contribution in [0.1, 0.15) is 5.69 Å². The van der Waals surface area contributed by atoms with E-state index in [0.717, 1.165) is 11.4 Å². The Kier molecular flexibility index (Phi) is 5.06. The molecule has 3 aromatic rings. The van der Waals surface area contributed by atoms with E-state index in [4.69, 9.17) is 23.2 Å². The van der Waals surface area contributed by atoms with E-state index in [2.05, 4.69) is 10.4 Å². The number of hydrogen-bond donors (Lipinski definition) is 2. The first-order valence-electron chi connectivity index (χ1n) is 8.46. The van der Waals surface area contributed by atoms with Crippen LogP contribution in [0.2, 0.25) is 10.0 Å². The first-order valence-corrected chi connectivity index (χ1v) is 9.22. The molecule has 0 radical (unpaired) electrons. The molecule has 0 amide bonds. The quantitative estimate of drug-likeness (QED) is 0.637. The largest absolute Gasteiger partial charge is 0.361 e. The van der Waals surface area contributed by atoms with Gasteiger partial charge < -0.3 is 10.4 Å². The fraction of sp³-hybridized carbons (Fsp3) is 0.211. The molecule has 5 nitrogen and oxygen atoms in total. The van der Waals surface area contributed by atoms with Crippen LogP contribution in [0.4, 0.5) is 10.1 Å². The minimum Gasteiger partial charge on any atom is -0.361 e. The zero-order chi connectivity index (χ0) is 19.0. The maximum Gasteiger partial charge on any atom is 0.184 e. The van der Waals surface area contributed by atoms with E-state index in [-0.39, 0.29) is 5.02 Å². The molecule has 8 heteroatoms. The Morgan fingerprint density at radius 3 is 2.74 bits per heavy atom. The van der Waals surface area contributed by atoms with Crippen molar-refractivity contribution < 1.29 is 9.50 Å². The fourth-order valence-electron chi connectivity index (χ4n) is 3.23. The third-order valence-electron chi connectivity index (χ3n) is 4.61. The molecule has 2 heterocycles. The Labute approximate surface area is 165 Å². The second kappa shape index (κ2) is 7.48. The van der Waals surface area contributed by atoms with Gasteiger partial charge in [0.15, 0.2) is 6.35 Å². The molecular formula is C19H17Cl2FN4O.